The summed E-state index contributed by atoms with van der Waals surface area (Å²) in [5.41, 5.74) is -0.617. The molecule has 0 aromatic heterocycles. The summed E-state index contributed by atoms with van der Waals surface area (Å²) < 4.78 is 26.7. The molecule has 7 nitrogen and oxygen atoms in total. The van der Waals surface area contributed by atoms with Gasteiger partial charge in [-0.05, 0) is 30.9 Å². The van der Waals surface area contributed by atoms with Gasteiger partial charge in [0.15, 0.2) is 5.75 Å². The van der Waals surface area contributed by atoms with Gasteiger partial charge in [-0.1, -0.05) is 13.3 Å². The second-order valence-corrected chi connectivity index (χ2v) is 6.63. The van der Waals surface area contributed by atoms with Crippen LogP contribution in [0.3, 0.4) is 0 Å². The van der Waals surface area contributed by atoms with Gasteiger partial charge >= 0.3 is 5.69 Å². The molecule has 0 bridgehead atoms. The lowest BCUT2D eigenvalue weighted by molar-refractivity contribution is -0.386. The van der Waals surface area contributed by atoms with Gasteiger partial charge in [-0.25, -0.2) is 13.1 Å². The van der Waals surface area contributed by atoms with Crippen molar-refractivity contribution in [2.24, 2.45) is 5.92 Å². The number of nitro benzene ring substituents is 1. The Morgan fingerprint density at radius 3 is 2.80 bits per heavy atom. The number of hydrogen-bond donors (Lipinski definition) is 2. The van der Waals surface area contributed by atoms with Gasteiger partial charge in [0.1, 0.15) is 0 Å². The van der Waals surface area contributed by atoms with Gasteiger partial charge in [0.2, 0.25) is 10.0 Å². The number of nitrogens with one attached hydrogen (secondary N) is 1. The van der Waals surface area contributed by atoms with Crippen molar-refractivity contribution in [2.45, 2.75) is 37.1 Å². The Morgan fingerprint density at radius 1 is 1.50 bits per heavy atom. The van der Waals surface area contributed by atoms with E-state index in [1.165, 1.54) is 0 Å². The minimum atomic E-state index is -3.79. The highest BCUT2D eigenvalue weighted by molar-refractivity contribution is 7.89. The van der Waals surface area contributed by atoms with Crippen LogP contribution in [0.2, 0.25) is 0 Å². The summed E-state index contributed by atoms with van der Waals surface area (Å²) in [5.74, 6) is -0.203. The zero-order valence-electron chi connectivity index (χ0n) is 10.9. The van der Waals surface area contributed by atoms with Gasteiger partial charge in [0.05, 0.1) is 9.82 Å². The maximum absolute atomic E-state index is 12.1. The topological polar surface area (TPSA) is 110 Å². The lowest BCUT2D eigenvalue weighted by Gasteiger charge is -2.06. The summed E-state index contributed by atoms with van der Waals surface area (Å²) in [6.07, 6.45) is 2.75. The first-order valence-electron chi connectivity index (χ1n) is 6.35. The molecule has 1 aliphatic carbocycles. The van der Waals surface area contributed by atoms with E-state index in [-0.39, 0.29) is 10.9 Å². The second-order valence-electron chi connectivity index (χ2n) is 4.92. The highest BCUT2D eigenvalue weighted by Gasteiger charge is 2.39. The van der Waals surface area contributed by atoms with Gasteiger partial charge in [-0.3, -0.25) is 10.1 Å². The van der Waals surface area contributed by atoms with E-state index in [4.69, 9.17) is 0 Å². The van der Waals surface area contributed by atoms with Crippen LogP contribution in [0.4, 0.5) is 5.69 Å². The third-order valence-electron chi connectivity index (χ3n) is 3.34. The summed E-state index contributed by atoms with van der Waals surface area (Å²) in [5, 5.41) is 20.0. The molecule has 2 unspecified atom stereocenters. The maximum Gasteiger partial charge on any atom is 0.312 e. The molecule has 1 aliphatic rings. The number of phenolic OH excluding ortho intramolecular Hbond substituents is 1. The van der Waals surface area contributed by atoms with E-state index >= 15 is 0 Å². The third-order valence-corrected chi connectivity index (χ3v) is 4.83. The molecular weight excluding hydrogens is 284 g/mol. The number of rotatable bonds is 6. The van der Waals surface area contributed by atoms with E-state index in [9.17, 15) is 23.6 Å². The smallest absolute Gasteiger partial charge is 0.312 e. The zero-order chi connectivity index (χ0) is 14.9. The van der Waals surface area contributed by atoms with Gasteiger partial charge < -0.3 is 5.11 Å². The molecule has 0 aliphatic heterocycles. The van der Waals surface area contributed by atoms with Crippen molar-refractivity contribution in [3.63, 3.8) is 0 Å². The fourth-order valence-corrected chi connectivity index (χ4v) is 3.50. The lowest BCUT2D eigenvalue weighted by Crippen LogP contribution is -2.27. The Hall–Kier alpha value is -1.67. The third kappa shape index (κ3) is 3.07. The molecule has 1 aromatic rings. The predicted molar refractivity (Wildman–Crippen MR) is 71.9 cm³/mol. The monoisotopic (exact) mass is 300 g/mol. The van der Waals surface area contributed by atoms with Crippen LogP contribution in [0.15, 0.2) is 23.1 Å². The lowest BCUT2D eigenvalue weighted by atomic mass is 10.2. The van der Waals surface area contributed by atoms with Crippen LogP contribution in [-0.2, 0) is 10.0 Å². The van der Waals surface area contributed by atoms with E-state index in [0.29, 0.717) is 5.92 Å². The minimum absolute atomic E-state index is 0.0900. The van der Waals surface area contributed by atoms with Crippen LogP contribution in [0.1, 0.15) is 26.2 Å². The first-order valence-corrected chi connectivity index (χ1v) is 7.83. The molecule has 1 aromatic carbocycles. The van der Waals surface area contributed by atoms with Crippen molar-refractivity contribution in [3.8, 4) is 5.75 Å². The molecule has 0 amide bonds. The van der Waals surface area contributed by atoms with Gasteiger partial charge in [-0.2, -0.15) is 0 Å². The molecule has 0 heterocycles. The number of aromatic hydroxyl groups is 1. The van der Waals surface area contributed by atoms with E-state index in [1.54, 1.807) is 0 Å². The highest BCUT2D eigenvalue weighted by Crippen LogP contribution is 2.36. The number of nitrogens with zero attached hydrogens (tertiary/aromatic N) is 1. The standard InChI is InChI=1S/C12H16N2O5S/c1-2-3-8-6-10(8)13-20(18,19)9-4-5-12(15)11(7-9)14(16)17/h4-5,7-8,10,13,15H,2-3,6H2,1H3. The van der Waals surface area contributed by atoms with Crippen LogP contribution < -0.4 is 4.72 Å². The molecule has 2 rings (SSSR count). The molecule has 2 atom stereocenters. The van der Waals surface area contributed by atoms with Crippen LogP contribution in [0.5, 0.6) is 5.75 Å². The SMILES string of the molecule is CCCC1CC1NS(=O)(=O)c1ccc(O)c([N+](=O)[O-])c1. The predicted octanol–water partition coefficient (Wildman–Crippen LogP) is 1.77. The first-order chi connectivity index (χ1) is 9.35. The quantitative estimate of drug-likeness (QED) is 0.614. The summed E-state index contributed by atoms with van der Waals surface area (Å²) in [6, 6.07) is 2.95. The molecule has 1 fully saturated rings. The number of hydrogen-bond acceptors (Lipinski definition) is 5. The molecule has 20 heavy (non-hydrogen) atoms. The summed E-state index contributed by atoms with van der Waals surface area (Å²) >= 11 is 0. The fourth-order valence-electron chi connectivity index (χ4n) is 2.17. The van der Waals surface area contributed by atoms with Crippen molar-refractivity contribution in [3.05, 3.63) is 28.3 Å². The highest BCUT2D eigenvalue weighted by atomic mass is 32.2. The number of phenols is 1. The average Bonchev–Trinajstić information content (AvgIpc) is 3.06. The van der Waals surface area contributed by atoms with E-state index in [2.05, 4.69) is 4.72 Å². The largest absolute Gasteiger partial charge is 0.502 e. The Balaban J connectivity index is 2.18. The van der Waals surface area contributed by atoms with Crippen molar-refractivity contribution >= 4 is 15.7 Å². The Morgan fingerprint density at radius 2 is 2.20 bits per heavy atom. The molecule has 110 valence electrons. The molecule has 2 N–H and O–H groups in total. The van der Waals surface area contributed by atoms with Crippen LogP contribution in [-0.4, -0.2) is 24.5 Å². The van der Waals surface area contributed by atoms with E-state index in [1.807, 2.05) is 6.92 Å². The van der Waals surface area contributed by atoms with Crippen molar-refractivity contribution < 1.29 is 18.4 Å². The Kier molecular flexibility index (Phi) is 3.96. The summed E-state index contributed by atoms with van der Waals surface area (Å²) in [6.45, 7) is 2.03. The van der Waals surface area contributed by atoms with Crippen LogP contribution >= 0.6 is 0 Å². The van der Waals surface area contributed by atoms with Crippen LogP contribution in [0.25, 0.3) is 0 Å². The maximum atomic E-state index is 12.1. The first kappa shape index (κ1) is 14.7. The fraction of sp³-hybridized carbons (Fsp3) is 0.500. The Labute approximate surface area is 116 Å². The number of sulfonamides is 1. The molecule has 8 heteroatoms. The minimum Gasteiger partial charge on any atom is -0.502 e. The normalized spacial score (nSPS) is 21.6. The van der Waals surface area contributed by atoms with Gasteiger partial charge in [0, 0.05) is 12.1 Å². The molecule has 1 saturated carbocycles. The molecule has 0 radical (unpaired) electrons. The molecule has 0 spiro atoms. The van der Waals surface area contributed by atoms with Gasteiger partial charge in [0.25, 0.3) is 0 Å². The van der Waals surface area contributed by atoms with Crippen molar-refractivity contribution in [1.82, 2.24) is 4.72 Å². The summed E-state index contributed by atoms with van der Waals surface area (Å²) in [4.78, 5) is 9.68. The summed E-state index contributed by atoms with van der Waals surface area (Å²) in [7, 11) is -3.79. The van der Waals surface area contributed by atoms with Gasteiger partial charge in [-0.15, -0.1) is 0 Å². The number of nitro groups is 1. The van der Waals surface area contributed by atoms with E-state index in [0.717, 1.165) is 37.5 Å². The van der Waals surface area contributed by atoms with Crippen LogP contribution in [0, 0.1) is 16.0 Å². The van der Waals surface area contributed by atoms with E-state index < -0.39 is 26.4 Å². The molecule has 0 saturated heterocycles. The van der Waals surface area contributed by atoms with Crippen molar-refractivity contribution in [1.29, 1.82) is 0 Å². The Bertz CT molecular complexity index is 629. The average molecular weight is 300 g/mol. The molecular formula is C12H16N2O5S. The van der Waals surface area contributed by atoms with Crippen molar-refractivity contribution in [2.75, 3.05) is 0 Å². The number of benzene rings is 1. The second kappa shape index (κ2) is 5.37. The zero-order valence-corrected chi connectivity index (χ0v) is 11.8.